The van der Waals surface area contributed by atoms with E-state index in [4.69, 9.17) is 14.2 Å². The lowest BCUT2D eigenvalue weighted by atomic mass is 10.2. The van der Waals surface area contributed by atoms with Crippen molar-refractivity contribution in [2.75, 3.05) is 20.8 Å². The van der Waals surface area contributed by atoms with Crippen molar-refractivity contribution in [3.63, 3.8) is 0 Å². The Morgan fingerprint density at radius 3 is 2.16 bits per heavy atom. The van der Waals surface area contributed by atoms with Crippen LogP contribution in [0.5, 0.6) is 17.2 Å². The number of rotatable bonds is 7. The van der Waals surface area contributed by atoms with E-state index in [0.717, 1.165) is 6.42 Å². The molecular weight excluding hydrogens is 246 g/mol. The van der Waals surface area contributed by atoms with Crippen LogP contribution in [0.4, 0.5) is 0 Å². The summed E-state index contributed by atoms with van der Waals surface area (Å²) in [6, 6.07) is 5.31. The fourth-order valence-electron chi connectivity index (χ4n) is 1.43. The van der Waals surface area contributed by atoms with Crippen LogP contribution in [0.3, 0.4) is 0 Å². The second-order valence-electron chi connectivity index (χ2n) is 4.21. The van der Waals surface area contributed by atoms with Crippen molar-refractivity contribution in [2.24, 2.45) is 0 Å². The van der Waals surface area contributed by atoms with Crippen LogP contribution in [0, 0.1) is 0 Å². The zero-order valence-electron chi connectivity index (χ0n) is 11.9. The van der Waals surface area contributed by atoms with E-state index in [1.54, 1.807) is 32.4 Å². The lowest BCUT2D eigenvalue weighted by molar-refractivity contribution is -0.123. The SMILES string of the molecule is CC[C@@H](C)NC(=O)COc1cc(OC)cc(OC)c1. The summed E-state index contributed by atoms with van der Waals surface area (Å²) in [5, 5.41) is 2.83. The third-order valence-corrected chi connectivity index (χ3v) is 2.71. The van der Waals surface area contributed by atoms with Crippen molar-refractivity contribution in [3.05, 3.63) is 18.2 Å². The van der Waals surface area contributed by atoms with Gasteiger partial charge in [-0.1, -0.05) is 6.92 Å². The molecular formula is C14H21NO4. The fourth-order valence-corrected chi connectivity index (χ4v) is 1.43. The Hall–Kier alpha value is -1.91. The van der Waals surface area contributed by atoms with Crippen LogP contribution in [0.2, 0.25) is 0 Å². The zero-order valence-corrected chi connectivity index (χ0v) is 11.9. The summed E-state index contributed by atoms with van der Waals surface area (Å²) in [7, 11) is 3.13. The van der Waals surface area contributed by atoms with E-state index in [0.29, 0.717) is 17.2 Å². The number of carbonyl (C=O) groups is 1. The molecule has 0 aromatic heterocycles. The Morgan fingerprint density at radius 1 is 1.16 bits per heavy atom. The summed E-state index contributed by atoms with van der Waals surface area (Å²) in [5.74, 6) is 1.64. The molecule has 1 aromatic carbocycles. The topological polar surface area (TPSA) is 56.8 Å². The van der Waals surface area contributed by atoms with E-state index in [9.17, 15) is 4.79 Å². The lowest BCUT2D eigenvalue weighted by Gasteiger charge is -2.13. The number of benzene rings is 1. The molecule has 0 aliphatic carbocycles. The van der Waals surface area contributed by atoms with E-state index >= 15 is 0 Å². The quantitative estimate of drug-likeness (QED) is 0.821. The molecule has 0 aliphatic rings. The van der Waals surface area contributed by atoms with Gasteiger partial charge in [-0.2, -0.15) is 0 Å². The van der Waals surface area contributed by atoms with Gasteiger partial charge in [-0.05, 0) is 13.3 Å². The fraction of sp³-hybridized carbons (Fsp3) is 0.500. The van der Waals surface area contributed by atoms with E-state index in [1.165, 1.54) is 0 Å². The van der Waals surface area contributed by atoms with Crippen LogP contribution in [0.1, 0.15) is 20.3 Å². The van der Waals surface area contributed by atoms with Gasteiger partial charge in [-0.15, -0.1) is 0 Å². The Kier molecular flexibility index (Phi) is 5.99. The summed E-state index contributed by atoms with van der Waals surface area (Å²) in [6.45, 7) is 3.94. The molecule has 0 saturated heterocycles. The molecule has 5 nitrogen and oxygen atoms in total. The minimum atomic E-state index is -0.142. The van der Waals surface area contributed by atoms with Crippen LogP contribution in [-0.4, -0.2) is 32.8 Å². The van der Waals surface area contributed by atoms with Crippen molar-refractivity contribution in [3.8, 4) is 17.2 Å². The van der Waals surface area contributed by atoms with E-state index in [2.05, 4.69) is 5.32 Å². The largest absolute Gasteiger partial charge is 0.496 e. The average molecular weight is 267 g/mol. The van der Waals surface area contributed by atoms with Gasteiger partial charge in [0.1, 0.15) is 17.2 Å². The van der Waals surface area contributed by atoms with E-state index < -0.39 is 0 Å². The highest BCUT2D eigenvalue weighted by atomic mass is 16.5. The number of methoxy groups -OCH3 is 2. The molecule has 0 bridgehead atoms. The molecule has 106 valence electrons. The van der Waals surface area contributed by atoms with Gasteiger partial charge < -0.3 is 19.5 Å². The van der Waals surface area contributed by atoms with Crippen molar-refractivity contribution in [1.29, 1.82) is 0 Å². The molecule has 1 amide bonds. The zero-order chi connectivity index (χ0) is 14.3. The number of amides is 1. The van der Waals surface area contributed by atoms with Gasteiger partial charge in [-0.3, -0.25) is 4.79 Å². The first-order valence-electron chi connectivity index (χ1n) is 6.24. The van der Waals surface area contributed by atoms with Crippen LogP contribution < -0.4 is 19.5 Å². The molecule has 1 N–H and O–H groups in total. The van der Waals surface area contributed by atoms with Crippen LogP contribution in [0.15, 0.2) is 18.2 Å². The minimum Gasteiger partial charge on any atom is -0.496 e. The number of hydrogen-bond donors (Lipinski definition) is 1. The maximum absolute atomic E-state index is 11.6. The molecule has 19 heavy (non-hydrogen) atoms. The lowest BCUT2D eigenvalue weighted by Crippen LogP contribution is -2.35. The second kappa shape index (κ2) is 7.51. The Balaban J connectivity index is 2.59. The molecule has 0 radical (unpaired) electrons. The first-order chi connectivity index (χ1) is 9.08. The molecule has 5 heteroatoms. The minimum absolute atomic E-state index is 0.0271. The molecule has 1 atom stereocenters. The molecule has 0 aliphatic heterocycles. The smallest absolute Gasteiger partial charge is 0.258 e. The molecule has 0 heterocycles. The molecule has 1 rings (SSSR count). The Bertz CT molecular complexity index is 398. The summed E-state index contributed by atoms with van der Waals surface area (Å²) >= 11 is 0. The third kappa shape index (κ3) is 5.07. The highest BCUT2D eigenvalue weighted by Crippen LogP contribution is 2.27. The van der Waals surface area contributed by atoms with Crippen LogP contribution in [-0.2, 0) is 4.79 Å². The highest BCUT2D eigenvalue weighted by molar-refractivity contribution is 5.77. The summed E-state index contributed by atoms with van der Waals surface area (Å²) in [5.41, 5.74) is 0. The molecule has 0 unspecified atom stereocenters. The van der Waals surface area contributed by atoms with Crippen molar-refractivity contribution < 1.29 is 19.0 Å². The Labute approximate surface area is 113 Å². The van der Waals surface area contributed by atoms with Crippen LogP contribution >= 0.6 is 0 Å². The summed E-state index contributed by atoms with van der Waals surface area (Å²) < 4.78 is 15.7. The monoisotopic (exact) mass is 267 g/mol. The first-order valence-corrected chi connectivity index (χ1v) is 6.24. The van der Waals surface area contributed by atoms with Gasteiger partial charge in [0.15, 0.2) is 6.61 Å². The standard InChI is InChI=1S/C14H21NO4/c1-5-10(2)15-14(16)9-19-13-7-11(17-3)6-12(8-13)18-4/h6-8,10H,5,9H2,1-4H3,(H,15,16)/t10-/m1/s1. The van der Waals surface area contributed by atoms with Gasteiger partial charge in [0.2, 0.25) is 0 Å². The summed E-state index contributed by atoms with van der Waals surface area (Å²) in [4.78, 5) is 11.6. The third-order valence-electron chi connectivity index (χ3n) is 2.71. The molecule has 0 fully saturated rings. The van der Waals surface area contributed by atoms with Gasteiger partial charge in [0.05, 0.1) is 14.2 Å². The normalized spacial score (nSPS) is 11.6. The highest BCUT2D eigenvalue weighted by Gasteiger charge is 2.08. The van der Waals surface area contributed by atoms with E-state index in [-0.39, 0.29) is 18.6 Å². The van der Waals surface area contributed by atoms with Gasteiger partial charge in [0, 0.05) is 24.2 Å². The van der Waals surface area contributed by atoms with Gasteiger partial charge in [-0.25, -0.2) is 0 Å². The predicted octanol–water partition coefficient (Wildman–Crippen LogP) is 2.00. The number of ether oxygens (including phenoxy) is 3. The number of hydrogen-bond acceptors (Lipinski definition) is 4. The molecule has 0 saturated carbocycles. The number of nitrogens with one attached hydrogen (secondary N) is 1. The second-order valence-corrected chi connectivity index (χ2v) is 4.21. The van der Waals surface area contributed by atoms with Gasteiger partial charge >= 0.3 is 0 Å². The van der Waals surface area contributed by atoms with Gasteiger partial charge in [0.25, 0.3) is 5.91 Å². The Morgan fingerprint density at radius 2 is 1.68 bits per heavy atom. The maximum atomic E-state index is 11.6. The predicted molar refractivity (Wildman–Crippen MR) is 72.9 cm³/mol. The molecule has 0 spiro atoms. The summed E-state index contributed by atoms with van der Waals surface area (Å²) in [6.07, 6.45) is 0.888. The number of carbonyl (C=O) groups excluding carboxylic acids is 1. The molecule has 1 aromatic rings. The van der Waals surface area contributed by atoms with Crippen molar-refractivity contribution in [2.45, 2.75) is 26.3 Å². The van der Waals surface area contributed by atoms with E-state index in [1.807, 2.05) is 13.8 Å². The van der Waals surface area contributed by atoms with Crippen LogP contribution in [0.25, 0.3) is 0 Å². The maximum Gasteiger partial charge on any atom is 0.258 e. The van der Waals surface area contributed by atoms with Crippen molar-refractivity contribution >= 4 is 5.91 Å². The first kappa shape index (κ1) is 15.1. The average Bonchev–Trinajstić information content (AvgIpc) is 2.44. The van der Waals surface area contributed by atoms with Crippen molar-refractivity contribution in [1.82, 2.24) is 5.32 Å².